The largest absolute Gasteiger partial charge is 0.260 e. The first-order valence-corrected chi connectivity index (χ1v) is 10.5. The Hall–Kier alpha value is -0.000000000000000111. The molecule has 0 N–H and O–H groups in total. The number of aliphatic imine (C=N–C) groups is 1. The molecule has 0 amide bonds. The molecule has 0 saturated carbocycles. The molecule has 0 aromatic heterocycles. The number of halogens is 1. The predicted octanol–water partition coefficient (Wildman–Crippen LogP) is 6.17. The minimum absolute atomic E-state index is 0.174. The second-order valence-electron chi connectivity index (χ2n) is 4.59. The molecule has 2 rings (SSSR count). The van der Waals surface area contributed by atoms with E-state index in [1.807, 2.05) is 12.1 Å². The van der Waals surface area contributed by atoms with Gasteiger partial charge in [0.2, 0.25) is 0 Å². The van der Waals surface area contributed by atoms with Crippen LogP contribution in [0.2, 0.25) is 0 Å². The van der Waals surface area contributed by atoms with Crippen LogP contribution in [-0.4, -0.2) is 15.0 Å². The van der Waals surface area contributed by atoms with Crippen LogP contribution in [-0.2, 0) is 0 Å². The van der Waals surface area contributed by atoms with Crippen LogP contribution in [0.3, 0.4) is 0 Å². The molecule has 0 spiro atoms. The number of hydrogen-bond acceptors (Lipinski definition) is 6. The molecule has 0 atom stereocenters. The quantitative estimate of drug-likeness (QED) is 0.253. The Kier molecular flexibility index (Phi) is 6.63. The average molecular weight is 417 g/mol. The zero-order chi connectivity index (χ0) is 15.3. The summed E-state index contributed by atoms with van der Waals surface area (Å²) in [6.45, 7) is 4.25. The van der Waals surface area contributed by atoms with Crippen molar-refractivity contribution < 1.29 is 0 Å². The summed E-state index contributed by atoms with van der Waals surface area (Å²) in [5.41, 5.74) is -0.174. The highest BCUT2D eigenvalue weighted by molar-refractivity contribution is 9.10. The van der Waals surface area contributed by atoms with Crippen LogP contribution in [0.4, 0.5) is 0 Å². The molecule has 2 nitrogen and oxygen atoms in total. The molecule has 1 aliphatic heterocycles. The van der Waals surface area contributed by atoms with Gasteiger partial charge in [-0.2, -0.15) is 5.26 Å². The summed E-state index contributed by atoms with van der Waals surface area (Å²) in [6, 6.07) is 8.28. The van der Waals surface area contributed by atoms with Gasteiger partial charge in [-0.25, -0.2) is 0 Å². The molecule has 0 fully saturated rings. The van der Waals surface area contributed by atoms with Crippen molar-refractivity contribution in [3.8, 4) is 5.40 Å². The first-order chi connectivity index (χ1) is 10.0. The molecule has 7 heteroatoms. The van der Waals surface area contributed by atoms with Gasteiger partial charge in [0.15, 0.2) is 0 Å². The summed E-state index contributed by atoms with van der Waals surface area (Å²) in [5.74, 6) is 0. The summed E-state index contributed by atoms with van der Waals surface area (Å²) >= 11 is 9.76. The number of nitrogens with zero attached hydrogens (tertiary/aromatic N) is 2. The highest BCUT2D eigenvalue weighted by Gasteiger charge is 2.31. The molecule has 1 aromatic rings. The van der Waals surface area contributed by atoms with Crippen molar-refractivity contribution in [1.82, 2.24) is 0 Å². The molecule has 0 bridgehead atoms. The fraction of sp³-hybridized carbons (Fsp3) is 0.286. The summed E-state index contributed by atoms with van der Waals surface area (Å²) in [4.78, 5) is 7.19. The molecule has 1 aliphatic rings. The predicted molar refractivity (Wildman–Crippen MR) is 103 cm³/mol. The van der Waals surface area contributed by atoms with Gasteiger partial charge in [0.05, 0.1) is 10.6 Å². The number of rotatable bonds is 4. The van der Waals surface area contributed by atoms with Crippen LogP contribution in [0.25, 0.3) is 0 Å². The van der Waals surface area contributed by atoms with Crippen LogP contribution < -0.4 is 0 Å². The van der Waals surface area contributed by atoms with Crippen LogP contribution in [0.15, 0.2) is 48.9 Å². The molecular weight excluding hydrogens is 404 g/mol. The van der Waals surface area contributed by atoms with Gasteiger partial charge in [-0.15, -0.1) is 0 Å². The summed E-state index contributed by atoms with van der Waals surface area (Å²) < 4.78 is 2.14. The third kappa shape index (κ3) is 5.29. The third-order valence-electron chi connectivity index (χ3n) is 2.59. The van der Waals surface area contributed by atoms with Crippen molar-refractivity contribution in [1.29, 1.82) is 5.26 Å². The Morgan fingerprint density at radius 3 is 2.76 bits per heavy atom. The van der Waals surface area contributed by atoms with Gasteiger partial charge in [0.1, 0.15) is 9.78 Å². The van der Waals surface area contributed by atoms with Crippen molar-refractivity contribution in [3.63, 3.8) is 0 Å². The number of thiocyanates is 1. The van der Waals surface area contributed by atoms with Crippen LogP contribution in [0.1, 0.15) is 13.8 Å². The van der Waals surface area contributed by atoms with Gasteiger partial charge < -0.3 is 0 Å². The van der Waals surface area contributed by atoms with Crippen molar-refractivity contribution in [2.75, 3.05) is 5.08 Å². The standard InChI is InChI=1S/C14H13BrN2S4/c1-14(2)12(21-13(17-14)20-9-18-8-16)7-19-11-5-3-10(15)4-6-11/h3-7H,9H2,1-2H3/b12-7+. The summed E-state index contributed by atoms with van der Waals surface area (Å²) in [5, 5.41) is 13.6. The SMILES string of the molecule is CC1(C)N=C(SCSC#N)S/C1=C/Sc1ccc(Br)cc1. The van der Waals surface area contributed by atoms with E-state index in [2.05, 4.69) is 52.7 Å². The zero-order valence-electron chi connectivity index (χ0n) is 11.5. The molecule has 110 valence electrons. The van der Waals surface area contributed by atoms with Gasteiger partial charge in [0, 0.05) is 14.3 Å². The molecule has 0 radical (unpaired) electrons. The fourth-order valence-electron chi connectivity index (χ4n) is 1.50. The maximum atomic E-state index is 8.56. The van der Waals surface area contributed by atoms with E-state index in [4.69, 9.17) is 10.3 Å². The van der Waals surface area contributed by atoms with Gasteiger partial charge in [0.25, 0.3) is 0 Å². The topological polar surface area (TPSA) is 36.1 Å². The molecule has 21 heavy (non-hydrogen) atoms. The molecule has 0 saturated heterocycles. The van der Waals surface area contributed by atoms with Crippen molar-refractivity contribution in [2.45, 2.75) is 24.3 Å². The van der Waals surface area contributed by atoms with Gasteiger partial charge in [-0.3, -0.25) is 4.99 Å². The molecule has 0 unspecified atom stereocenters. The molecule has 0 aliphatic carbocycles. The normalized spacial score (nSPS) is 18.6. The first-order valence-electron chi connectivity index (χ1n) is 6.05. The highest BCUT2D eigenvalue weighted by Crippen LogP contribution is 2.44. The van der Waals surface area contributed by atoms with Crippen molar-refractivity contribution in [2.24, 2.45) is 4.99 Å². The zero-order valence-corrected chi connectivity index (χ0v) is 16.4. The van der Waals surface area contributed by atoms with E-state index in [1.165, 1.54) is 21.6 Å². The van der Waals surface area contributed by atoms with Gasteiger partial charge in [-0.1, -0.05) is 51.2 Å². The smallest absolute Gasteiger partial charge is 0.134 e. The Morgan fingerprint density at radius 1 is 1.38 bits per heavy atom. The minimum Gasteiger partial charge on any atom is -0.260 e. The number of benzene rings is 1. The number of hydrogen-bond donors (Lipinski definition) is 0. The Bertz CT molecular complexity index is 602. The van der Waals surface area contributed by atoms with E-state index in [0.29, 0.717) is 0 Å². The fourth-order valence-corrected chi connectivity index (χ4v) is 5.76. The lowest BCUT2D eigenvalue weighted by Gasteiger charge is -2.14. The lowest BCUT2D eigenvalue weighted by Crippen LogP contribution is -2.13. The highest BCUT2D eigenvalue weighted by atomic mass is 79.9. The number of thioether (sulfide) groups is 4. The second kappa shape index (κ2) is 8.02. The minimum atomic E-state index is -0.174. The van der Waals surface area contributed by atoms with Gasteiger partial charge in [-0.05, 0) is 55.3 Å². The maximum Gasteiger partial charge on any atom is 0.134 e. The molecular formula is C14H13BrN2S4. The molecule has 1 aromatic carbocycles. The van der Waals surface area contributed by atoms with Crippen LogP contribution in [0, 0.1) is 10.7 Å². The Balaban J connectivity index is 1.99. The summed E-state index contributed by atoms with van der Waals surface area (Å²) in [7, 11) is 0. The first kappa shape index (κ1) is 17.4. The lowest BCUT2D eigenvalue weighted by molar-refractivity contribution is 0.658. The van der Waals surface area contributed by atoms with Crippen LogP contribution in [0.5, 0.6) is 0 Å². The summed E-state index contributed by atoms with van der Waals surface area (Å²) in [6.07, 6.45) is 0. The third-order valence-corrected chi connectivity index (χ3v) is 7.29. The van der Waals surface area contributed by atoms with Crippen molar-refractivity contribution >= 4 is 67.4 Å². The second-order valence-corrected chi connectivity index (χ2v) is 9.83. The lowest BCUT2D eigenvalue weighted by atomic mass is 10.1. The van der Waals surface area contributed by atoms with E-state index in [9.17, 15) is 0 Å². The van der Waals surface area contributed by atoms with Crippen molar-refractivity contribution in [3.05, 3.63) is 39.1 Å². The number of nitriles is 1. The maximum absolute atomic E-state index is 8.56. The Labute approximate surface area is 150 Å². The Morgan fingerprint density at radius 2 is 2.10 bits per heavy atom. The van der Waals surface area contributed by atoms with E-state index in [-0.39, 0.29) is 5.54 Å². The monoisotopic (exact) mass is 416 g/mol. The molecule has 1 heterocycles. The average Bonchev–Trinajstić information content (AvgIpc) is 2.73. The van der Waals surface area contributed by atoms with E-state index in [1.54, 1.807) is 35.3 Å². The van der Waals surface area contributed by atoms with E-state index >= 15 is 0 Å². The van der Waals surface area contributed by atoms with E-state index in [0.717, 1.165) is 13.9 Å². The van der Waals surface area contributed by atoms with E-state index < -0.39 is 0 Å². The van der Waals surface area contributed by atoms with Crippen LogP contribution >= 0.6 is 63.0 Å². The van der Waals surface area contributed by atoms with Gasteiger partial charge >= 0.3 is 0 Å².